The molecule has 0 bridgehead atoms. The summed E-state index contributed by atoms with van der Waals surface area (Å²) in [4.78, 5) is 32.0. The van der Waals surface area contributed by atoms with Crippen LogP contribution in [0.15, 0.2) is 87.8 Å². The molecule has 0 aliphatic carbocycles. The predicted molar refractivity (Wildman–Crippen MR) is 161 cm³/mol. The van der Waals surface area contributed by atoms with E-state index in [-0.39, 0.29) is 17.7 Å². The molecule has 0 radical (unpaired) electrons. The minimum atomic E-state index is -0.778. The first kappa shape index (κ1) is 28.7. The normalized spacial score (nSPS) is 14.9. The topological polar surface area (TPSA) is 79.1 Å². The average Bonchev–Trinajstić information content (AvgIpc) is 3.26. The fourth-order valence-electron chi connectivity index (χ4n) is 4.57. The van der Waals surface area contributed by atoms with Crippen LogP contribution in [0.4, 0.5) is 0 Å². The van der Waals surface area contributed by atoms with Crippen LogP contribution >= 0.6 is 34.5 Å². The van der Waals surface area contributed by atoms with E-state index in [1.54, 1.807) is 57.4 Å². The van der Waals surface area contributed by atoms with Crippen LogP contribution in [0.5, 0.6) is 11.5 Å². The number of esters is 1. The molecule has 5 rings (SSSR count). The Bertz CT molecular complexity index is 1830. The van der Waals surface area contributed by atoms with E-state index < -0.39 is 12.0 Å². The molecule has 1 unspecified atom stereocenters. The van der Waals surface area contributed by atoms with E-state index in [0.29, 0.717) is 48.7 Å². The first-order chi connectivity index (χ1) is 19.8. The lowest BCUT2D eigenvalue weighted by Crippen LogP contribution is -2.40. The number of hydrogen-bond donors (Lipinski definition) is 0. The Hall–Kier alpha value is -3.85. The minimum absolute atomic E-state index is 0.191. The maximum absolute atomic E-state index is 13.8. The molecule has 3 aromatic carbocycles. The molecule has 210 valence electrons. The Balaban J connectivity index is 1.55. The number of nitrogens with zero attached hydrogens (tertiary/aromatic N) is 2. The lowest BCUT2D eigenvalue weighted by Gasteiger charge is -2.25. The largest absolute Gasteiger partial charge is 0.493 e. The molecule has 4 aromatic rings. The molecule has 41 heavy (non-hydrogen) atoms. The summed E-state index contributed by atoms with van der Waals surface area (Å²) >= 11 is 13.8. The summed E-state index contributed by atoms with van der Waals surface area (Å²) in [7, 11) is 1.56. The summed E-state index contributed by atoms with van der Waals surface area (Å²) in [6.45, 7) is 4.00. The first-order valence-electron chi connectivity index (χ1n) is 12.8. The Labute approximate surface area is 250 Å². The van der Waals surface area contributed by atoms with Gasteiger partial charge in [-0.15, -0.1) is 0 Å². The van der Waals surface area contributed by atoms with Crippen molar-refractivity contribution in [2.75, 3.05) is 13.7 Å². The number of aromatic nitrogens is 1. The van der Waals surface area contributed by atoms with Crippen molar-refractivity contribution in [3.05, 3.63) is 124 Å². The molecule has 0 spiro atoms. The van der Waals surface area contributed by atoms with Crippen LogP contribution in [0.25, 0.3) is 6.08 Å². The van der Waals surface area contributed by atoms with Crippen molar-refractivity contribution in [3.63, 3.8) is 0 Å². The van der Waals surface area contributed by atoms with Gasteiger partial charge in [0.05, 0.1) is 29.5 Å². The van der Waals surface area contributed by atoms with Crippen molar-refractivity contribution < 1.29 is 19.0 Å². The highest BCUT2D eigenvalue weighted by molar-refractivity contribution is 7.07. The highest BCUT2D eigenvalue weighted by Gasteiger charge is 2.34. The van der Waals surface area contributed by atoms with Gasteiger partial charge in [0.25, 0.3) is 5.56 Å². The van der Waals surface area contributed by atoms with Crippen molar-refractivity contribution in [1.29, 1.82) is 0 Å². The summed E-state index contributed by atoms with van der Waals surface area (Å²) < 4.78 is 18.8. The number of thiazole rings is 1. The number of methoxy groups -OCH3 is 1. The molecule has 1 aromatic heterocycles. The van der Waals surface area contributed by atoms with Gasteiger partial charge in [-0.05, 0) is 66.9 Å². The Morgan fingerprint density at radius 2 is 1.83 bits per heavy atom. The van der Waals surface area contributed by atoms with E-state index in [1.807, 2.05) is 36.4 Å². The third-order valence-electron chi connectivity index (χ3n) is 6.51. The average molecular weight is 610 g/mol. The highest BCUT2D eigenvalue weighted by Crippen LogP contribution is 2.34. The number of fused-ring (bicyclic) bond motifs is 1. The molecule has 0 amide bonds. The summed E-state index contributed by atoms with van der Waals surface area (Å²) in [5.41, 5.74) is 2.78. The van der Waals surface area contributed by atoms with Crippen molar-refractivity contribution in [2.24, 2.45) is 4.99 Å². The van der Waals surface area contributed by atoms with Crippen LogP contribution in [0.2, 0.25) is 10.0 Å². The second kappa shape index (κ2) is 12.3. The lowest BCUT2D eigenvalue weighted by atomic mass is 9.96. The molecule has 0 N–H and O–H groups in total. The lowest BCUT2D eigenvalue weighted by molar-refractivity contribution is -0.139. The van der Waals surface area contributed by atoms with E-state index in [0.717, 1.165) is 11.1 Å². The minimum Gasteiger partial charge on any atom is -0.493 e. The quantitative estimate of drug-likeness (QED) is 0.240. The van der Waals surface area contributed by atoms with E-state index >= 15 is 0 Å². The molecule has 2 heterocycles. The number of allylic oxidation sites excluding steroid dienone is 1. The zero-order chi connectivity index (χ0) is 29.1. The van der Waals surface area contributed by atoms with E-state index in [9.17, 15) is 9.59 Å². The fraction of sp³-hybridized carbons (Fsp3) is 0.194. The van der Waals surface area contributed by atoms with Gasteiger partial charge in [0.2, 0.25) is 0 Å². The van der Waals surface area contributed by atoms with E-state index in [1.165, 1.54) is 15.9 Å². The van der Waals surface area contributed by atoms with Gasteiger partial charge in [-0.2, -0.15) is 0 Å². The molecule has 0 saturated carbocycles. The van der Waals surface area contributed by atoms with Gasteiger partial charge in [-0.1, -0.05) is 70.9 Å². The second-order valence-electron chi connectivity index (χ2n) is 9.15. The first-order valence-corrected chi connectivity index (χ1v) is 14.4. The maximum Gasteiger partial charge on any atom is 0.338 e. The van der Waals surface area contributed by atoms with Gasteiger partial charge in [0.1, 0.15) is 12.6 Å². The third kappa shape index (κ3) is 5.95. The fourth-order valence-corrected chi connectivity index (χ4v) is 5.98. The second-order valence-corrected chi connectivity index (χ2v) is 11.0. The number of halogens is 2. The molecule has 0 saturated heterocycles. The number of benzene rings is 3. The number of hydrogen-bond acceptors (Lipinski definition) is 7. The van der Waals surface area contributed by atoms with Crippen LogP contribution in [0.3, 0.4) is 0 Å². The van der Waals surface area contributed by atoms with Crippen LogP contribution in [-0.2, 0) is 16.1 Å². The number of carbonyl (C=O) groups excluding carboxylic acids is 1. The summed E-state index contributed by atoms with van der Waals surface area (Å²) in [5.74, 6) is 0.552. The van der Waals surface area contributed by atoms with Crippen molar-refractivity contribution in [3.8, 4) is 11.5 Å². The molecule has 1 aliphatic rings. The van der Waals surface area contributed by atoms with E-state index in [2.05, 4.69) is 4.99 Å². The highest BCUT2D eigenvalue weighted by atomic mass is 35.5. The summed E-state index contributed by atoms with van der Waals surface area (Å²) in [6.07, 6.45) is 1.77. The van der Waals surface area contributed by atoms with Gasteiger partial charge in [0.15, 0.2) is 16.3 Å². The van der Waals surface area contributed by atoms with Crippen LogP contribution in [0, 0.1) is 0 Å². The number of ether oxygens (including phenoxy) is 3. The molecular formula is C31H26Cl2N2O5S. The Morgan fingerprint density at radius 3 is 2.54 bits per heavy atom. The maximum atomic E-state index is 13.8. The Kier molecular flexibility index (Phi) is 8.63. The summed E-state index contributed by atoms with van der Waals surface area (Å²) in [6, 6.07) is 19.2. The zero-order valence-corrected chi connectivity index (χ0v) is 24.8. The standard InChI is InChI=1S/C31H26Cl2N2O5S/c1-4-39-30(37)27-18(2)34-31-35(28(27)22-7-5-6-8-23(22)33)29(36)26(41-31)16-20-11-14-24(25(15-20)38-3)40-17-19-9-12-21(32)13-10-19/h5-16,28H,4,17H2,1-3H3/b26-16-. The molecule has 0 fully saturated rings. The van der Waals surface area contributed by atoms with Crippen LogP contribution in [0.1, 0.15) is 36.6 Å². The van der Waals surface area contributed by atoms with Crippen molar-refractivity contribution in [1.82, 2.24) is 4.57 Å². The van der Waals surface area contributed by atoms with Gasteiger partial charge < -0.3 is 14.2 Å². The van der Waals surface area contributed by atoms with Gasteiger partial charge in [0, 0.05) is 10.0 Å². The molecule has 10 heteroatoms. The third-order valence-corrected chi connectivity index (χ3v) is 8.09. The SMILES string of the molecule is CCOC(=O)C1=C(C)N=c2s/c(=C\c3ccc(OCc4ccc(Cl)cc4)c(OC)c3)c(=O)n2C1c1ccccc1Cl. The zero-order valence-electron chi connectivity index (χ0n) is 22.5. The van der Waals surface area contributed by atoms with Gasteiger partial charge in [-0.25, -0.2) is 9.79 Å². The molecule has 7 nitrogen and oxygen atoms in total. The van der Waals surface area contributed by atoms with Crippen LogP contribution in [-0.4, -0.2) is 24.3 Å². The van der Waals surface area contributed by atoms with Gasteiger partial charge >= 0.3 is 5.97 Å². The van der Waals surface area contributed by atoms with Crippen molar-refractivity contribution in [2.45, 2.75) is 26.5 Å². The van der Waals surface area contributed by atoms with Crippen LogP contribution < -0.4 is 24.4 Å². The molecule has 1 atom stereocenters. The molecule has 1 aliphatic heterocycles. The predicted octanol–water partition coefficient (Wildman–Crippen LogP) is 5.69. The smallest absolute Gasteiger partial charge is 0.338 e. The summed E-state index contributed by atoms with van der Waals surface area (Å²) in [5, 5.41) is 1.09. The van der Waals surface area contributed by atoms with Crippen molar-refractivity contribution >= 4 is 46.6 Å². The van der Waals surface area contributed by atoms with Gasteiger partial charge in [-0.3, -0.25) is 9.36 Å². The number of carbonyl (C=O) groups is 1. The van der Waals surface area contributed by atoms with E-state index in [4.69, 9.17) is 37.4 Å². The Morgan fingerprint density at radius 1 is 1.07 bits per heavy atom. The number of rotatable bonds is 8. The monoisotopic (exact) mass is 608 g/mol. The molecular weight excluding hydrogens is 583 g/mol.